The molecule has 94 valence electrons. The highest BCUT2D eigenvalue weighted by Crippen LogP contribution is 2.20. The zero-order chi connectivity index (χ0) is 12.8. The summed E-state index contributed by atoms with van der Waals surface area (Å²) in [6.45, 7) is 2.18. The number of nitrogens with one attached hydrogen (secondary N) is 1. The lowest BCUT2D eigenvalue weighted by Crippen LogP contribution is -2.29. The highest BCUT2D eigenvalue weighted by Gasteiger charge is 2.13. The molecule has 18 heavy (non-hydrogen) atoms. The van der Waals surface area contributed by atoms with Gasteiger partial charge in [-0.3, -0.25) is 10.8 Å². The molecule has 3 heteroatoms. The lowest BCUT2D eigenvalue weighted by Gasteiger charge is -2.16. The van der Waals surface area contributed by atoms with Crippen LogP contribution in [0.5, 0.6) is 0 Å². The lowest BCUT2D eigenvalue weighted by molar-refractivity contribution is 0.620. The van der Waals surface area contributed by atoms with Gasteiger partial charge in [0.15, 0.2) is 0 Å². The minimum atomic E-state index is -0.0528. The Labute approximate surface area is 108 Å². The van der Waals surface area contributed by atoms with Gasteiger partial charge < -0.3 is 0 Å². The first-order valence-electron chi connectivity index (χ1n) is 6.31. The van der Waals surface area contributed by atoms with Crippen molar-refractivity contribution in [2.24, 2.45) is 5.84 Å². The Balaban J connectivity index is 2.30. The smallest absolute Gasteiger partial charge is 0.0881 e. The number of nitrogens with two attached hydrogens (primary N) is 1. The van der Waals surface area contributed by atoms with Gasteiger partial charge in [0.2, 0.25) is 0 Å². The summed E-state index contributed by atoms with van der Waals surface area (Å²) in [5.41, 5.74) is 6.27. The summed E-state index contributed by atoms with van der Waals surface area (Å²) in [4.78, 5) is 4.36. The third kappa shape index (κ3) is 2.94. The second-order valence-electron chi connectivity index (χ2n) is 4.35. The molecule has 0 spiro atoms. The maximum Gasteiger partial charge on any atom is 0.0881 e. The van der Waals surface area contributed by atoms with E-state index in [1.54, 1.807) is 6.20 Å². The average Bonchev–Trinajstić information content (AvgIpc) is 2.42. The van der Waals surface area contributed by atoms with Gasteiger partial charge in [0.1, 0.15) is 0 Å². The SMILES string of the molecule is CCCc1cccc(C(NN)c2ccccn2)c1. The molecule has 1 unspecified atom stereocenters. The van der Waals surface area contributed by atoms with Gasteiger partial charge in [0.25, 0.3) is 0 Å². The topological polar surface area (TPSA) is 50.9 Å². The van der Waals surface area contributed by atoms with Crippen molar-refractivity contribution in [3.8, 4) is 0 Å². The maximum atomic E-state index is 5.67. The van der Waals surface area contributed by atoms with Crippen LogP contribution in [-0.4, -0.2) is 4.98 Å². The van der Waals surface area contributed by atoms with Gasteiger partial charge in [-0.2, -0.15) is 0 Å². The van der Waals surface area contributed by atoms with Crippen LogP contribution < -0.4 is 11.3 Å². The maximum absolute atomic E-state index is 5.67. The highest BCUT2D eigenvalue weighted by molar-refractivity contribution is 5.31. The van der Waals surface area contributed by atoms with Crippen molar-refractivity contribution < 1.29 is 0 Å². The molecular weight excluding hydrogens is 222 g/mol. The van der Waals surface area contributed by atoms with Crippen molar-refractivity contribution in [3.05, 3.63) is 65.5 Å². The van der Waals surface area contributed by atoms with E-state index in [1.807, 2.05) is 18.2 Å². The first kappa shape index (κ1) is 12.7. The number of aryl methyl sites for hydroxylation is 1. The normalized spacial score (nSPS) is 12.3. The van der Waals surface area contributed by atoms with Crippen LogP contribution in [0.25, 0.3) is 0 Å². The van der Waals surface area contributed by atoms with E-state index >= 15 is 0 Å². The Morgan fingerprint density at radius 2 is 2.11 bits per heavy atom. The molecule has 3 N–H and O–H groups in total. The Hall–Kier alpha value is -1.71. The number of hydrazine groups is 1. The highest BCUT2D eigenvalue weighted by atomic mass is 15.2. The van der Waals surface area contributed by atoms with E-state index in [2.05, 4.69) is 41.6 Å². The van der Waals surface area contributed by atoms with Crippen molar-refractivity contribution >= 4 is 0 Å². The molecule has 0 aliphatic rings. The molecule has 3 nitrogen and oxygen atoms in total. The van der Waals surface area contributed by atoms with Crippen LogP contribution in [0.4, 0.5) is 0 Å². The molecule has 1 atom stereocenters. The van der Waals surface area contributed by atoms with E-state index in [4.69, 9.17) is 5.84 Å². The summed E-state index contributed by atoms with van der Waals surface area (Å²) in [6.07, 6.45) is 4.02. The first-order chi connectivity index (χ1) is 8.85. The van der Waals surface area contributed by atoms with Crippen molar-refractivity contribution in [1.29, 1.82) is 0 Å². The fourth-order valence-corrected chi connectivity index (χ4v) is 2.12. The second-order valence-corrected chi connectivity index (χ2v) is 4.35. The average molecular weight is 241 g/mol. The van der Waals surface area contributed by atoms with Crippen LogP contribution in [0.3, 0.4) is 0 Å². The molecule has 0 aliphatic carbocycles. The van der Waals surface area contributed by atoms with E-state index in [0.29, 0.717) is 0 Å². The van der Waals surface area contributed by atoms with Gasteiger partial charge in [-0.15, -0.1) is 0 Å². The van der Waals surface area contributed by atoms with Crippen LogP contribution in [-0.2, 0) is 6.42 Å². The molecule has 0 bridgehead atoms. The molecule has 1 aromatic heterocycles. The Morgan fingerprint density at radius 3 is 2.78 bits per heavy atom. The van der Waals surface area contributed by atoms with E-state index < -0.39 is 0 Å². The summed E-state index contributed by atoms with van der Waals surface area (Å²) >= 11 is 0. The summed E-state index contributed by atoms with van der Waals surface area (Å²) in [6, 6.07) is 14.3. The minimum Gasteiger partial charge on any atom is -0.271 e. The number of rotatable bonds is 5. The summed E-state index contributed by atoms with van der Waals surface area (Å²) in [5, 5.41) is 0. The quantitative estimate of drug-likeness (QED) is 0.625. The van der Waals surface area contributed by atoms with Crippen molar-refractivity contribution in [2.45, 2.75) is 25.8 Å². The van der Waals surface area contributed by atoms with Crippen molar-refractivity contribution in [1.82, 2.24) is 10.4 Å². The first-order valence-corrected chi connectivity index (χ1v) is 6.31. The summed E-state index contributed by atoms with van der Waals surface area (Å²) in [7, 11) is 0. The van der Waals surface area contributed by atoms with Crippen LogP contribution in [0.15, 0.2) is 48.7 Å². The summed E-state index contributed by atoms with van der Waals surface area (Å²) in [5.74, 6) is 5.67. The Bertz CT molecular complexity index is 482. The zero-order valence-corrected chi connectivity index (χ0v) is 10.6. The lowest BCUT2D eigenvalue weighted by atomic mass is 9.99. The molecule has 0 saturated heterocycles. The minimum absolute atomic E-state index is 0.0528. The Kier molecular flexibility index (Phi) is 4.45. The van der Waals surface area contributed by atoms with E-state index in [9.17, 15) is 0 Å². The van der Waals surface area contributed by atoms with Crippen LogP contribution in [0.1, 0.15) is 36.2 Å². The van der Waals surface area contributed by atoms with Gasteiger partial charge in [0.05, 0.1) is 11.7 Å². The second kappa shape index (κ2) is 6.28. The van der Waals surface area contributed by atoms with Gasteiger partial charge in [0, 0.05) is 6.20 Å². The third-order valence-corrected chi connectivity index (χ3v) is 2.97. The number of aromatic nitrogens is 1. The largest absolute Gasteiger partial charge is 0.271 e. The molecule has 1 heterocycles. The summed E-state index contributed by atoms with van der Waals surface area (Å²) < 4.78 is 0. The van der Waals surface area contributed by atoms with Gasteiger partial charge in [-0.05, 0) is 29.7 Å². The number of hydrogen-bond donors (Lipinski definition) is 2. The van der Waals surface area contributed by atoms with Gasteiger partial charge in [-0.1, -0.05) is 43.7 Å². The predicted molar refractivity (Wildman–Crippen MR) is 73.8 cm³/mol. The third-order valence-electron chi connectivity index (χ3n) is 2.97. The fourth-order valence-electron chi connectivity index (χ4n) is 2.12. The van der Waals surface area contributed by atoms with Gasteiger partial charge in [-0.25, -0.2) is 5.43 Å². The van der Waals surface area contributed by atoms with E-state index in [-0.39, 0.29) is 6.04 Å². The monoisotopic (exact) mass is 241 g/mol. The van der Waals surface area contributed by atoms with Gasteiger partial charge >= 0.3 is 0 Å². The molecule has 2 rings (SSSR count). The molecule has 0 amide bonds. The molecule has 1 aromatic carbocycles. The molecule has 0 fully saturated rings. The van der Waals surface area contributed by atoms with Crippen molar-refractivity contribution in [2.75, 3.05) is 0 Å². The molecule has 0 aliphatic heterocycles. The van der Waals surface area contributed by atoms with E-state index in [0.717, 1.165) is 24.1 Å². The van der Waals surface area contributed by atoms with Crippen LogP contribution >= 0.6 is 0 Å². The van der Waals surface area contributed by atoms with Crippen LogP contribution in [0, 0.1) is 0 Å². The number of nitrogens with zero attached hydrogens (tertiary/aromatic N) is 1. The van der Waals surface area contributed by atoms with Crippen molar-refractivity contribution in [3.63, 3.8) is 0 Å². The Morgan fingerprint density at radius 1 is 1.22 bits per heavy atom. The molecule has 0 radical (unpaired) electrons. The van der Waals surface area contributed by atoms with Crippen LogP contribution in [0.2, 0.25) is 0 Å². The van der Waals surface area contributed by atoms with E-state index in [1.165, 1.54) is 5.56 Å². The predicted octanol–water partition coefficient (Wildman–Crippen LogP) is 2.59. The zero-order valence-electron chi connectivity index (χ0n) is 10.6. The standard InChI is InChI=1S/C15H19N3/c1-2-6-12-7-5-8-13(11-12)15(18-16)14-9-3-4-10-17-14/h3-5,7-11,15,18H,2,6,16H2,1H3. The molecule has 0 saturated carbocycles. The number of pyridine rings is 1. The molecular formula is C15H19N3. The molecule has 2 aromatic rings. The number of benzene rings is 1. The fraction of sp³-hybridized carbons (Fsp3) is 0.267. The number of hydrogen-bond acceptors (Lipinski definition) is 3.